The maximum atomic E-state index is 13.7. The minimum absolute atomic E-state index is 0.162. The van der Waals surface area contributed by atoms with E-state index in [1.54, 1.807) is 20.8 Å². The zero-order valence-electron chi connectivity index (χ0n) is 20.3. The van der Waals surface area contributed by atoms with E-state index in [1.807, 2.05) is 30.3 Å². The van der Waals surface area contributed by atoms with Gasteiger partial charge in [-0.15, -0.1) is 0 Å². The molecule has 190 valence electrons. The molecular weight excluding hydrogens is 459 g/mol. The summed E-state index contributed by atoms with van der Waals surface area (Å²) in [6.45, 7) is 4.57. The number of carbonyl (C=O) groups excluding carboxylic acids is 2. The summed E-state index contributed by atoms with van der Waals surface area (Å²) in [7, 11) is -3.56. The smallest absolute Gasteiger partial charge is 0.323 e. The van der Waals surface area contributed by atoms with Crippen molar-refractivity contribution in [2.45, 2.75) is 65.3 Å². The number of carboxylic acids is 1. The number of likely N-dealkylation sites (tertiary alicyclic amines) is 1. The molecular formula is C24H37N2O7P. The van der Waals surface area contributed by atoms with E-state index in [9.17, 15) is 18.9 Å². The molecule has 1 aromatic carbocycles. The van der Waals surface area contributed by atoms with Gasteiger partial charge in [-0.2, -0.15) is 0 Å². The Morgan fingerprint density at radius 1 is 1.18 bits per heavy atom. The molecule has 0 bridgehead atoms. The van der Waals surface area contributed by atoms with E-state index in [4.69, 9.17) is 14.4 Å². The molecule has 1 saturated heterocycles. The molecule has 0 aliphatic carbocycles. The van der Waals surface area contributed by atoms with Gasteiger partial charge in [0.05, 0.1) is 11.5 Å². The molecule has 2 atom stereocenters. The van der Waals surface area contributed by atoms with E-state index in [0.717, 1.165) is 12.8 Å². The van der Waals surface area contributed by atoms with Crippen molar-refractivity contribution in [3.8, 4) is 0 Å². The molecule has 0 radical (unpaired) electrons. The van der Waals surface area contributed by atoms with Crippen LogP contribution in [0.1, 0.15) is 58.4 Å². The number of unbranched alkanes of at least 4 members (excludes halogenated alkanes) is 1. The first-order valence-electron chi connectivity index (χ1n) is 11.7. The lowest BCUT2D eigenvalue weighted by Crippen LogP contribution is -2.46. The summed E-state index contributed by atoms with van der Waals surface area (Å²) in [5.74, 6) is -1.98. The fourth-order valence-electron chi connectivity index (χ4n) is 3.62. The van der Waals surface area contributed by atoms with Crippen LogP contribution in [0.4, 0.5) is 0 Å². The largest absolute Gasteiger partial charge is 0.480 e. The van der Waals surface area contributed by atoms with E-state index in [0.29, 0.717) is 32.2 Å². The van der Waals surface area contributed by atoms with Crippen molar-refractivity contribution in [3.05, 3.63) is 35.9 Å². The van der Waals surface area contributed by atoms with Crippen molar-refractivity contribution in [1.29, 1.82) is 0 Å². The zero-order chi connectivity index (χ0) is 25.2. The number of aliphatic carboxylic acids is 1. The van der Waals surface area contributed by atoms with E-state index < -0.39 is 50.2 Å². The summed E-state index contributed by atoms with van der Waals surface area (Å²) >= 11 is 0. The van der Waals surface area contributed by atoms with Crippen molar-refractivity contribution in [3.63, 3.8) is 0 Å². The van der Waals surface area contributed by atoms with Crippen LogP contribution in [-0.2, 0) is 34.6 Å². The highest BCUT2D eigenvalue weighted by molar-refractivity contribution is 7.56. The van der Waals surface area contributed by atoms with Gasteiger partial charge in [-0.1, -0.05) is 30.3 Å². The second-order valence-corrected chi connectivity index (χ2v) is 11.9. The summed E-state index contributed by atoms with van der Waals surface area (Å²) in [5, 5.41) is 12.0. The average Bonchev–Trinajstić information content (AvgIpc) is 2.92. The van der Waals surface area contributed by atoms with Crippen LogP contribution >= 0.6 is 7.52 Å². The summed E-state index contributed by atoms with van der Waals surface area (Å²) in [6, 6.07) is 9.12. The van der Waals surface area contributed by atoms with Crippen molar-refractivity contribution in [2.24, 2.45) is 5.41 Å². The fourth-order valence-corrected chi connectivity index (χ4v) is 5.53. The molecule has 2 rings (SSSR count). The lowest BCUT2D eigenvalue weighted by molar-refractivity contribution is -0.159. The number of hydrogen-bond donors (Lipinski definition) is 2. The Morgan fingerprint density at radius 3 is 2.53 bits per heavy atom. The van der Waals surface area contributed by atoms with Gasteiger partial charge in [0, 0.05) is 12.7 Å². The molecule has 1 aliphatic heterocycles. The number of benzene rings is 1. The molecule has 0 saturated carbocycles. The number of nitrogens with zero attached hydrogens (tertiary/aromatic N) is 1. The number of aryl methyl sites for hydroxylation is 1. The Morgan fingerprint density at radius 2 is 1.88 bits per heavy atom. The van der Waals surface area contributed by atoms with E-state index in [1.165, 1.54) is 10.5 Å². The third-order valence-corrected chi connectivity index (χ3v) is 7.67. The van der Waals surface area contributed by atoms with Gasteiger partial charge >= 0.3 is 11.9 Å². The van der Waals surface area contributed by atoms with Crippen molar-refractivity contribution < 1.29 is 33.3 Å². The van der Waals surface area contributed by atoms with Crippen molar-refractivity contribution in [2.75, 3.05) is 26.0 Å². The lowest BCUT2D eigenvalue weighted by atomic mass is 9.98. The average molecular weight is 497 g/mol. The fraction of sp³-hybridized carbons (Fsp3) is 0.625. The molecule has 1 aliphatic rings. The molecule has 1 unspecified atom stereocenters. The molecule has 10 heteroatoms. The zero-order valence-corrected chi connectivity index (χ0v) is 21.2. The number of rotatable bonds is 12. The highest BCUT2D eigenvalue weighted by atomic mass is 31.2. The first-order valence-corrected chi connectivity index (χ1v) is 13.5. The molecule has 1 amide bonds. The van der Waals surface area contributed by atoms with E-state index in [2.05, 4.69) is 5.09 Å². The van der Waals surface area contributed by atoms with Crippen molar-refractivity contribution >= 4 is 25.4 Å². The predicted octanol–water partition coefficient (Wildman–Crippen LogP) is 3.82. The molecule has 9 nitrogen and oxygen atoms in total. The topological polar surface area (TPSA) is 122 Å². The number of carbonyl (C=O) groups is 3. The van der Waals surface area contributed by atoms with Gasteiger partial charge in [0.25, 0.3) is 7.52 Å². The first kappa shape index (κ1) is 28.0. The van der Waals surface area contributed by atoms with Gasteiger partial charge in [0.1, 0.15) is 6.54 Å². The molecule has 0 aromatic heterocycles. The summed E-state index contributed by atoms with van der Waals surface area (Å²) in [6.07, 6.45) is 4.10. The summed E-state index contributed by atoms with van der Waals surface area (Å²) in [5.41, 5.74) is 0.444. The highest BCUT2D eigenvalue weighted by Crippen LogP contribution is 2.45. The minimum Gasteiger partial charge on any atom is -0.480 e. The third kappa shape index (κ3) is 9.57. The number of ether oxygens (including phenoxy) is 1. The second kappa shape index (κ2) is 13.0. The van der Waals surface area contributed by atoms with Gasteiger partial charge < -0.3 is 14.7 Å². The highest BCUT2D eigenvalue weighted by Gasteiger charge is 2.35. The maximum absolute atomic E-state index is 13.7. The molecule has 34 heavy (non-hydrogen) atoms. The van der Waals surface area contributed by atoms with Crippen LogP contribution in [0.25, 0.3) is 0 Å². The van der Waals surface area contributed by atoms with Gasteiger partial charge in [0.2, 0.25) is 5.91 Å². The lowest BCUT2D eigenvalue weighted by Gasteiger charge is -2.27. The monoisotopic (exact) mass is 496 g/mol. The van der Waals surface area contributed by atoms with Gasteiger partial charge in [-0.3, -0.25) is 23.5 Å². The Kier molecular flexibility index (Phi) is 10.7. The number of nitrogens with one attached hydrogen (secondary N) is 1. The first-order chi connectivity index (χ1) is 16.0. The van der Waals surface area contributed by atoms with Gasteiger partial charge in [-0.25, -0.2) is 5.09 Å². The Labute approximate surface area is 201 Å². The molecule has 2 N–H and O–H groups in total. The van der Waals surface area contributed by atoms with E-state index in [-0.39, 0.29) is 6.16 Å². The standard InChI is InChI=1S/C24H37N2O7P/c1-24(2,3)23(30)32-18-33-34(31,16-10-8-13-19-11-5-4-6-12-19)25-20-14-7-9-15-26(22(20)29)17-21(27)28/h4-6,11-12,20H,7-10,13-18H2,1-3H3,(H,25,31)(H,27,28)/t20-,34?/m0/s1. The molecule has 1 aromatic rings. The normalized spacial score (nSPS) is 18.7. The van der Waals surface area contributed by atoms with Gasteiger partial charge in [0.15, 0.2) is 6.79 Å². The quantitative estimate of drug-likeness (QED) is 0.194. The predicted molar refractivity (Wildman–Crippen MR) is 128 cm³/mol. The van der Waals surface area contributed by atoms with Crippen LogP contribution in [-0.4, -0.2) is 59.9 Å². The Bertz CT molecular complexity index is 870. The molecule has 1 fully saturated rings. The SMILES string of the molecule is CC(C)(C)C(=O)OCOP(=O)(CCCCc1ccccc1)N[C@H]1CCCCN(CC(=O)O)C1=O. The van der Waals surface area contributed by atoms with Crippen LogP contribution in [0.15, 0.2) is 30.3 Å². The Balaban J connectivity index is 2.04. The maximum Gasteiger partial charge on any atom is 0.323 e. The number of carboxylic acid groups (broad SMARTS) is 1. The van der Waals surface area contributed by atoms with Crippen LogP contribution < -0.4 is 5.09 Å². The molecule has 1 heterocycles. The third-order valence-electron chi connectivity index (χ3n) is 5.53. The number of esters is 1. The Hall–Kier alpha value is -2.22. The van der Waals surface area contributed by atoms with Crippen LogP contribution in [0.5, 0.6) is 0 Å². The number of amides is 1. The van der Waals surface area contributed by atoms with Gasteiger partial charge in [-0.05, 0) is 64.9 Å². The second-order valence-electron chi connectivity index (χ2n) is 9.60. The number of hydrogen-bond acceptors (Lipinski definition) is 6. The van der Waals surface area contributed by atoms with Crippen LogP contribution in [0.2, 0.25) is 0 Å². The van der Waals surface area contributed by atoms with Crippen molar-refractivity contribution in [1.82, 2.24) is 9.99 Å². The van der Waals surface area contributed by atoms with E-state index >= 15 is 0 Å². The minimum atomic E-state index is -3.56. The summed E-state index contributed by atoms with van der Waals surface area (Å²) < 4.78 is 24.4. The molecule has 0 spiro atoms. The summed E-state index contributed by atoms with van der Waals surface area (Å²) in [4.78, 5) is 37.4. The van der Waals surface area contributed by atoms with Crippen LogP contribution in [0, 0.1) is 5.41 Å². The van der Waals surface area contributed by atoms with Crippen LogP contribution in [0.3, 0.4) is 0 Å².